The van der Waals surface area contributed by atoms with Crippen molar-refractivity contribution < 1.29 is 4.79 Å². The van der Waals surface area contributed by atoms with Crippen LogP contribution in [0.5, 0.6) is 0 Å². The summed E-state index contributed by atoms with van der Waals surface area (Å²) in [4.78, 5) is 20.9. The van der Waals surface area contributed by atoms with Gasteiger partial charge in [0, 0.05) is 12.7 Å². The number of rotatable bonds is 7. The molecule has 4 nitrogen and oxygen atoms in total. The summed E-state index contributed by atoms with van der Waals surface area (Å²) in [6.07, 6.45) is 4.44. The third-order valence-electron chi connectivity index (χ3n) is 3.29. The molecule has 0 atom stereocenters. The molecule has 6 heteroatoms. The van der Waals surface area contributed by atoms with E-state index in [9.17, 15) is 4.79 Å². The van der Waals surface area contributed by atoms with Gasteiger partial charge in [0.15, 0.2) is 0 Å². The predicted molar refractivity (Wildman–Crippen MR) is 91.0 cm³/mol. The Morgan fingerprint density at radius 2 is 2.00 bits per heavy atom. The summed E-state index contributed by atoms with van der Waals surface area (Å²) in [6, 6.07) is 0. The highest BCUT2D eigenvalue weighted by Crippen LogP contribution is 2.28. The van der Waals surface area contributed by atoms with Gasteiger partial charge >= 0.3 is 0 Å². The highest BCUT2D eigenvalue weighted by molar-refractivity contribution is 8.29. The molecule has 0 aliphatic carbocycles. The second-order valence-electron chi connectivity index (χ2n) is 5.15. The molecule has 0 amide bonds. The van der Waals surface area contributed by atoms with Crippen LogP contribution in [0.1, 0.15) is 46.5 Å². The van der Waals surface area contributed by atoms with E-state index < -0.39 is 0 Å². The topological polar surface area (TPSA) is 67.8 Å². The van der Waals surface area contributed by atoms with Crippen LogP contribution >= 0.6 is 11.8 Å². The zero-order valence-corrected chi connectivity index (χ0v) is 13.7. The van der Waals surface area contributed by atoms with Gasteiger partial charge in [-0.25, -0.2) is 4.99 Å². The Balaban J connectivity index is 2.78. The molecule has 0 fully saturated rings. The second-order valence-corrected chi connectivity index (χ2v) is 6.13. The van der Waals surface area contributed by atoms with Crippen molar-refractivity contribution in [2.75, 3.05) is 7.05 Å². The minimum Gasteiger partial charge on any atom is -0.400 e. The number of allylic oxidation sites excluding steroid dienone is 1. The zero-order chi connectivity index (χ0) is 15.1. The molecule has 0 radical (unpaired) electrons. The van der Waals surface area contributed by atoms with Gasteiger partial charge in [-0.15, -0.1) is 0 Å². The molecule has 1 heterocycles. The first-order valence-electron chi connectivity index (χ1n) is 7.26. The van der Waals surface area contributed by atoms with E-state index in [1.54, 1.807) is 14.0 Å². The van der Waals surface area contributed by atoms with Crippen molar-refractivity contribution in [2.24, 2.45) is 15.7 Å². The quantitative estimate of drug-likeness (QED) is 0.734. The maximum absolute atomic E-state index is 12.4. The van der Waals surface area contributed by atoms with E-state index in [0.717, 1.165) is 30.7 Å². The molecule has 20 heavy (non-hydrogen) atoms. The van der Waals surface area contributed by atoms with Crippen LogP contribution in [-0.2, 0) is 4.79 Å². The average molecular weight is 293 g/mol. The molecule has 0 saturated carbocycles. The lowest BCUT2D eigenvalue weighted by atomic mass is 9.58. The van der Waals surface area contributed by atoms with Gasteiger partial charge in [0.2, 0.25) is 7.28 Å². The van der Waals surface area contributed by atoms with E-state index in [2.05, 4.69) is 23.8 Å². The molecule has 0 saturated heterocycles. The van der Waals surface area contributed by atoms with Crippen LogP contribution in [0.2, 0.25) is 5.82 Å². The zero-order valence-electron chi connectivity index (χ0n) is 12.9. The van der Waals surface area contributed by atoms with Crippen molar-refractivity contribution in [3.05, 3.63) is 11.4 Å². The Kier molecular flexibility index (Phi) is 7.06. The molecule has 0 aromatic heterocycles. The highest BCUT2D eigenvalue weighted by atomic mass is 32.2. The van der Waals surface area contributed by atoms with Gasteiger partial charge in [-0.2, -0.15) is 0 Å². The Labute approximate surface area is 126 Å². The summed E-state index contributed by atoms with van der Waals surface area (Å²) in [5, 5.41) is 1.29. The summed E-state index contributed by atoms with van der Waals surface area (Å²) in [7, 11) is 2.28. The van der Waals surface area contributed by atoms with E-state index in [1.807, 2.05) is 0 Å². The molecule has 0 spiro atoms. The molecule has 0 unspecified atom stereocenters. The molecular weight excluding hydrogens is 269 g/mol. The van der Waals surface area contributed by atoms with Crippen LogP contribution in [0.3, 0.4) is 0 Å². The summed E-state index contributed by atoms with van der Waals surface area (Å²) < 4.78 is 0. The van der Waals surface area contributed by atoms with Crippen LogP contribution in [0.15, 0.2) is 21.4 Å². The first kappa shape index (κ1) is 17.0. The number of aliphatic imine (C=N–C) groups is 2. The standard InChI is InChI=1S/C14H24BN3OS/c1-5-7-10(8-6-2)15-12(19)14-18-11(9(3)16)13(17-4)20-14/h10,15H,5-8,16H2,1-4H3/b11-9+,17-13+. The Morgan fingerprint density at radius 1 is 1.40 bits per heavy atom. The van der Waals surface area contributed by atoms with E-state index in [-0.39, 0.29) is 5.68 Å². The molecule has 2 N–H and O–H groups in total. The van der Waals surface area contributed by atoms with Crippen molar-refractivity contribution in [2.45, 2.75) is 52.3 Å². The van der Waals surface area contributed by atoms with Gasteiger partial charge in [-0.1, -0.05) is 45.3 Å². The summed E-state index contributed by atoms with van der Waals surface area (Å²) >= 11 is 1.35. The lowest BCUT2D eigenvalue weighted by Crippen LogP contribution is -2.21. The van der Waals surface area contributed by atoms with Crippen molar-refractivity contribution in [1.82, 2.24) is 0 Å². The van der Waals surface area contributed by atoms with Gasteiger partial charge in [-0.3, -0.25) is 4.99 Å². The number of carbonyl (C=O) groups is 1. The van der Waals surface area contributed by atoms with Gasteiger partial charge < -0.3 is 10.5 Å². The minimum atomic E-state index is 0.124. The number of hydrogen-bond acceptors (Lipinski definition) is 5. The van der Waals surface area contributed by atoms with E-state index >= 15 is 0 Å². The first-order chi connectivity index (χ1) is 9.53. The molecule has 0 bridgehead atoms. The van der Waals surface area contributed by atoms with Crippen molar-refractivity contribution in [1.29, 1.82) is 0 Å². The largest absolute Gasteiger partial charge is 0.400 e. The lowest BCUT2D eigenvalue weighted by molar-refractivity contribution is -0.106. The SMILES string of the molecule is CCCC(BC(=O)C1=NC(=C(\C)N)/C(=N\C)S1)CCC. The molecule has 1 aliphatic heterocycles. The summed E-state index contributed by atoms with van der Waals surface area (Å²) in [5.74, 6) is 0.467. The first-order valence-corrected chi connectivity index (χ1v) is 8.08. The number of nitrogens with two attached hydrogens (primary N) is 1. The Bertz CT molecular complexity index is 447. The third-order valence-corrected chi connectivity index (χ3v) is 4.37. The summed E-state index contributed by atoms with van der Waals surface area (Å²) in [6.45, 7) is 6.11. The van der Waals surface area contributed by atoms with Gasteiger partial charge in [0.05, 0.1) is 0 Å². The van der Waals surface area contributed by atoms with Crippen LogP contribution in [-0.4, -0.2) is 30.1 Å². The van der Waals surface area contributed by atoms with Crippen LogP contribution in [0.25, 0.3) is 0 Å². The fourth-order valence-corrected chi connectivity index (χ4v) is 3.27. The molecule has 0 aromatic carbocycles. The minimum absolute atomic E-state index is 0.124. The number of carbonyl (C=O) groups excluding carboxylic acids is 1. The van der Waals surface area contributed by atoms with Gasteiger partial charge in [-0.05, 0) is 18.7 Å². The smallest absolute Gasteiger partial charge is 0.218 e. The molecule has 1 rings (SSSR count). The number of thioether (sulfide) groups is 1. The Hall–Kier alpha value is -1.04. The van der Waals surface area contributed by atoms with E-state index in [0.29, 0.717) is 29.5 Å². The van der Waals surface area contributed by atoms with Crippen molar-refractivity contribution >= 4 is 34.8 Å². The second kappa shape index (κ2) is 8.30. The van der Waals surface area contributed by atoms with Crippen LogP contribution in [0.4, 0.5) is 0 Å². The van der Waals surface area contributed by atoms with Crippen molar-refractivity contribution in [3.63, 3.8) is 0 Å². The molecular formula is C14H24BN3OS. The molecule has 1 aliphatic rings. The summed E-state index contributed by atoms with van der Waals surface area (Å²) in [5.41, 5.74) is 7.18. The maximum atomic E-state index is 12.4. The average Bonchev–Trinajstić information content (AvgIpc) is 2.83. The molecule has 0 aromatic rings. The fourth-order valence-electron chi connectivity index (χ4n) is 2.35. The monoisotopic (exact) mass is 293 g/mol. The Morgan fingerprint density at radius 3 is 2.40 bits per heavy atom. The highest BCUT2D eigenvalue weighted by Gasteiger charge is 2.27. The number of nitrogens with zero attached hydrogens (tertiary/aromatic N) is 2. The fraction of sp³-hybridized carbons (Fsp3) is 0.643. The van der Waals surface area contributed by atoms with Gasteiger partial charge in [0.25, 0.3) is 0 Å². The van der Waals surface area contributed by atoms with E-state index in [1.165, 1.54) is 11.8 Å². The normalized spacial score (nSPS) is 19.4. The van der Waals surface area contributed by atoms with Crippen LogP contribution in [0, 0.1) is 0 Å². The van der Waals surface area contributed by atoms with Crippen molar-refractivity contribution in [3.8, 4) is 0 Å². The van der Waals surface area contributed by atoms with Crippen LogP contribution < -0.4 is 5.73 Å². The lowest BCUT2D eigenvalue weighted by Gasteiger charge is -2.12. The maximum Gasteiger partial charge on any atom is 0.218 e. The van der Waals surface area contributed by atoms with Gasteiger partial charge in [0.1, 0.15) is 21.5 Å². The van der Waals surface area contributed by atoms with E-state index in [4.69, 9.17) is 5.73 Å². The third kappa shape index (κ3) is 4.51. The number of hydrogen-bond donors (Lipinski definition) is 1. The molecule has 110 valence electrons. The predicted octanol–water partition coefficient (Wildman–Crippen LogP) is 2.70.